The van der Waals surface area contributed by atoms with Gasteiger partial charge in [0, 0.05) is 12.2 Å². The van der Waals surface area contributed by atoms with E-state index in [9.17, 15) is 9.59 Å². The van der Waals surface area contributed by atoms with Crippen molar-refractivity contribution >= 4 is 5.91 Å². The minimum atomic E-state index is -0.401. The monoisotopic (exact) mass is 285 g/mol. The summed E-state index contributed by atoms with van der Waals surface area (Å²) in [6.07, 6.45) is 3.33. The van der Waals surface area contributed by atoms with Gasteiger partial charge in [0.25, 0.3) is 11.5 Å². The van der Waals surface area contributed by atoms with Crippen LogP contribution in [0.25, 0.3) is 11.4 Å². The number of H-pyrrole nitrogens is 1. The molecule has 0 aliphatic heterocycles. The summed E-state index contributed by atoms with van der Waals surface area (Å²) in [5, 5.41) is 2.86. The van der Waals surface area contributed by atoms with E-state index in [2.05, 4.69) is 15.3 Å². The normalized spacial score (nSPS) is 10.6. The second-order valence-corrected chi connectivity index (χ2v) is 4.82. The minimum absolute atomic E-state index is 0.0902. The van der Waals surface area contributed by atoms with Crippen LogP contribution < -0.4 is 10.9 Å². The number of rotatable bonds is 5. The Bertz CT molecular complexity index is 661. The lowest BCUT2D eigenvalue weighted by molar-refractivity contribution is 0.0933. The second kappa shape index (κ2) is 6.83. The molecule has 0 atom stereocenters. The number of aromatic nitrogens is 2. The van der Waals surface area contributed by atoms with Gasteiger partial charge in [-0.1, -0.05) is 19.9 Å². The molecule has 2 rings (SSSR count). The van der Waals surface area contributed by atoms with Gasteiger partial charge >= 0.3 is 0 Å². The maximum atomic E-state index is 12.1. The van der Waals surface area contributed by atoms with E-state index in [0.717, 1.165) is 12.8 Å². The molecule has 0 aliphatic rings. The molecule has 0 aliphatic carbocycles. The largest absolute Gasteiger partial charge is 0.349 e. The first-order chi connectivity index (χ1) is 10.2. The Labute approximate surface area is 123 Å². The Morgan fingerprint density at radius 2 is 2.00 bits per heavy atom. The Kier molecular flexibility index (Phi) is 4.87. The Balaban J connectivity index is 2.24. The van der Waals surface area contributed by atoms with Crippen molar-refractivity contribution in [2.75, 3.05) is 0 Å². The summed E-state index contributed by atoms with van der Waals surface area (Å²) in [5.41, 5.74) is 0.990. The van der Waals surface area contributed by atoms with Gasteiger partial charge in [-0.05, 0) is 37.1 Å². The average molecular weight is 285 g/mol. The van der Waals surface area contributed by atoms with E-state index < -0.39 is 5.56 Å². The van der Waals surface area contributed by atoms with E-state index >= 15 is 0 Å². The molecule has 0 unspecified atom stereocenters. The predicted octanol–water partition coefficient (Wildman–Crippen LogP) is 2.36. The van der Waals surface area contributed by atoms with Crippen LogP contribution in [0.1, 0.15) is 37.0 Å². The molecule has 0 fully saturated rings. The lowest BCUT2D eigenvalue weighted by Gasteiger charge is -2.14. The average Bonchev–Trinajstić information content (AvgIpc) is 2.53. The van der Waals surface area contributed by atoms with Gasteiger partial charge in [0.2, 0.25) is 0 Å². The van der Waals surface area contributed by atoms with Gasteiger partial charge in [-0.2, -0.15) is 0 Å². The molecule has 0 bridgehead atoms. The number of hydrogen-bond acceptors (Lipinski definition) is 3. The zero-order valence-corrected chi connectivity index (χ0v) is 12.2. The number of carbonyl (C=O) groups is 1. The zero-order valence-electron chi connectivity index (χ0n) is 12.2. The number of amides is 1. The Hall–Kier alpha value is -2.43. The number of carbonyl (C=O) groups excluding carboxylic acids is 1. The highest BCUT2D eigenvalue weighted by molar-refractivity contribution is 5.94. The first-order valence-corrected chi connectivity index (χ1v) is 7.11. The van der Waals surface area contributed by atoms with Crippen LogP contribution in [0.3, 0.4) is 0 Å². The van der Waals surface area contributed by atoms with E-state index in [1.807, 2.05) is 19.9 Å². The third kappa shape index (κ3) is 3.56. The van der Waals surface area contributed by atoms with Gasteiger partial charge in [0.15, 0.2) is 0 Å². The highest BCUT2D eigenvalue weighted by atomic mass is 16.2. The molecule has 0 saturated heterocycles. The van der Waals surface area contributed by atoms with E-state index in [4.69, 9.17) is 0 Å². The van der Waals surface area contributed by atoms with Crippen LogP contribution in [0.4, 0.5) is 0 Å². The summed E-state index contributed by atoms with van der Waals surface area (Å²) in [6.45, 7) is 4.01. The standard InChI is InChI=1S/C16H19N3O2/c1-3-11(4-2)18-15(20)12-8-9-14(19-16(12)21)13-7-5-6-10-17-13/h5-11H,3-4H2,1-2H3,(H,18,20)(H,19,21). The Morgan fingerprint density at radius 1 is 1.24 bits per heavy atom. The molecule has 5 nitrogen and oxygen atoms in total. The first-order valence-electron chi connectivity index (χ1n) is 7.11. The fraction of sp³-hybridized carbons (Fsp3) is 0.312. The van der Waals surface area contributed by atoms with Gasteiger partial charge in [-0.25, -0.2) is 0 Å². The van der Waals surface area contributed by atoms with Crippen molar-refractivity contribution in [1.82, 2.24) is 15.3 Å². The van der Waals surface area contributed by atoms with Crippen LogP contribution in [-0.2, 0) is 0 Å². The molecular weight excluding hydrogens is 266 g/mol. The highest BCUT2D eigenvalue weighted by Gasteiger charge is 2.14. The van der Waals surface area contributed by atoms with E-state index in [-0.39, 0.29) is 17.5 Å². The van der Waals surface area contributed by atoms with Crippen LogP contribution in [0.2, 0.25) is 0 Å². The van der Waals surface area contributed by atoms with Crippen LogP contribution in [0.5, 0.6) is 0 Å². The van der Waals surface area contributed by atoms with Crippen molar-refractivity contribution in [2.45, 2.75) is 32.7 Å². The van der Waals surface area contributed by atoms with Crippen LogP contribution in [0.15, 0.2) is 41.3 Å². The highest BCUT2D eigenvalue weighted by Crippen LogP contribution is 2.11. The third-order valence-electron chi connectivity index (χ3n) is 3.42. The van der Waals surface area contributed by atoms with Crippen molar-refractivity contribution in [3.63, 3.8) is 0 Å². The predicted molar refractivity (Wildman–Crippen MR) is 82.1 cm³/mol. The molecule has 2 aromatic rings. The molecule has 0 spiro atoms. The molecule has 2 N–H and O–H groups in total. The van der Waals surface area contributed by atoms with E-state index in [0.29, 0.717) is 11.4 Å². The van der Waals surface area contributed by atoms with E-state index in [1.54, 1.807) is 30.5 Å². The van der Waals surface area contributed by atoms with Gasteiger partial charge in [-0.15, -0.1) is 0 Å². The lowest BCUT2D eigenvalue weighted by Crippen LogP contribution is -2.36. The molecule has 0 saturated carbocycles. The van der Waals surface area contributed by atoms with Gasteiger partial charge in [0.1, 0.15) is 5.56 Å². The minimum Gasteiger partial charge on any atom is -0.349 e. The quantitative estimate of drug-likeness (QED) is 0.885. The number of aromatic amines is 1. The number of nitrogens with zero attached hydrogens (tertiary/aromatic N) is 1. The van der Waals surface area contributed by atoms with Crippen LogP contribution in [0, 0.1) is 0 Å². The maximum Gasteiger partial charge on any atom is 0.261 e. The molecule has 21 heavy (non-hydrogen) atoms. The van der Waals surface area contributed by atoms with Crippen molar-refractivity contribution in [3.8, 4) is 11.4 Å². The van der Waals surface area contributed by atoms with Crippen molar-refractivity contribution in [1.29, 1.82) is 0 Å². The summed E-state index contributed by atoms with van der Waals surface area (Å²) < 4.78 is 0. The lowest BCUT2D eigenvalue weighted by atomic mass is 10.1. The molecule has 2 aromatic heterocycles. The fourth-order valence-electron chi connectivity index (χ4n) is 2.08. The summed E-state index contributed by atoms with van der Waals surface area (Å²) in [7, 11) is 0. The Morgan fingerprint density at radius 3 is 2.57 bits per heavy atom. The topological polar surface area (TPSA) is 74.8 Å². The van der Waals surface area contributed by atoms with Gasteiger partial charge in [0.05, 0.1) is 11.4 Å². The zero-order chi connectivity index (χ0) is 15.2. The molecule has 1 amide bonds. The van der Waals surface area contributed by atoms with Crippen molar-refractivity contribution in [2.24, 2.45) is 0 Å². The molecule has 110 valence electrons. The van der Waals surface area contributed by atoms with Gasteiger partial charge < -0.3 is 10.3 Å². The second-order valence-electron chi connectivity index (χ2n) is 4.82. The van der Waals surface area contributed by atoms with Gasteiger partial charge in [-0.3, -0.25) is 14.6 Å². The molecule has 0 aromatic carbocycles. The van der Waals surface area contributed by atoms with Crippen molar-refractivity contribution in [3.05, 3.63) is 52.4 Å². The number of hydrogen-bond donors (Lipinski definition) is 2. The summed E-state index contributed by atoms with van der Waals surface area (Å²) in [4.78, 5) is 31.0. The fourth-order valence-corrected chi connectivity index (χ4v) is 2.08. The number of nitrogens with one attached hydrogen (secondary N) is 2. The third-order valence-corrected chi connectivity index (χ3v) is 3.42. The summed E-state index contributed by atoms with van der Waals surface area (Å²) in [6, 6.07) is 8.78. The molecular formula is C16H19N3O2. The van der Waals surface area contributed by atoms with Crippen molar-refractivity contribution < 1.29 is 4.79 Å². The smallest absolute Gasteiger partial charge is 0.261 e. The summed E-state index contributed by atoms with van der Waals surface area (Å²) >= 11 is 0. The number of pyridine rings is 2. The van der Waals surface area contributed by atoms with Crippen LogP contribution in [-0.4, -0.2) is 21.9 Å². The molecule has 2 heterocycles. The molecule has 5 heteroatoms. The molecule has 0 radical (unpaired) electrons. The summed E-state index contributed by atoms with van der Waals surface area (Å²) in [5.74, 6) is -0.336. The SMILES string of the molecule is CCC(CC)NC(=O)c1ccc(-c2ccccn2)[nH]c1=O. The van der Waals surface area contributed by atoms with Crippen LogP contribution >= 0.6 is 0 Å². The maximum absolute atomic E-state index is 12.1. The first kappa shape index (κ1) is 15.0. The van der Waals surface area contributed by atoms with E-state index in [1.165, 1.54) is 0 Å².